The van der Waals surface area contributed by atoms with Crippen molar-refractivity contribution in [3.05, 3.63) is 20.8 Å². The number of hydrogen-bond donors (Lipinski definition) is 0. The van der Waals surface area contributed by atoms with Crippen LogP contribution in [-0.2, 0) is 6.54 Å². The van der Waals surface area contributed by atoms with Gasteiger partial charge in [0.05, 0.1) is 0 Å². The molecule has 0 spiro atoms. The summed E-state index contributed by atoms with van der Waals surface area (Å²) in [5.41, 5.74) is 0. The lowest BCUT2D eigenvalue weighted by Gasteiger charge is -2.31. The SMILES string of the molecule is BrCC1CCCN(Cc2cc(Br)cs2)C1. The monoisotopic (exact) mass is 351 g/mol. The van der Waals surface area contributed by atoms with Gasteiger partial charge in [-0.2, -0.15) is 0 Å². The van der Waals surface area contributed by atoms with Crippen LogP contribution in [0.4, 0.5) is 0 Å². The van der Waals surface area contributed by atoms with Crippen LogP contribution in [0.5, 0.6) is 0 Å². The van der Waals surface area contributed by atoms with Gasteiger partial charge < -0.3 is 0 Å². The van der Waals surface area contributed by atoms with E-state index in [0.29, 0.717) is 0 Å². The summed E-state index contributed by atoms with van der Waals surface area (Å²) >= 11 is 8.96. The molecule has 0 bridgehead atoms. The highest BCUT2D eigenvalue weighted by Gasteiger charge is 2.19. The van der Waals surface area contributed by atoms with Gasteiger partial charge in [0.25, 0.3) is 0 Å². The van der Waals surface area contributed by atoms with Gasteiger partial charge in [-0.15, -0.1) is 11.3 Å². The van der Waals surface area contributed by atoms with Gasteiger partial charge in [-0.25, -0.2) is 0 Å². The number of piperidine rings is 1. The van der Waals surface area contributed by atoms with E-state index in [-0.39, 0.29) is 0 Å². The van der Waals surface area contributed by atoms with E-state index in [9.17, 15) is 0 Å². The smallest absolute Gasteiger partial charge is 0.0328 e. The zero-order valence-corrected chi connectivity index (χ0v) is 12.6. The highest BCUT2D eigenvalue weighted by molar-refractivity contribution is 9.10. The van der Waals surface area contributed by atoms with E-state index in [0.717, 1.165) is 17.8 Å². The summed E-state index contributed by atoms with van der Waals surface area (Å²) in [6, 6.07) is 2.24. The highest BCUT2D eigenvalue weighted by Crippen LogP contribution is 2.24. The van der Waals surface area contributed by atoms with Gasteiger partial charge in [0.1, 0.15) is 0 Å². The van der Waals surface area contributed by atoms with Crippen molar-refractivity contribution in [3.63, 3.8) is 0 Å². The molecule has 1 aromatic heterocycles. The van der Waals surface area contributed by atoms with Crippen LogP contribution in [-0.4, -0.2) is 23.3 Å². The van der Waals surface area contributed by atoms with E-state index in [1.807, 2.05) is 11.3 Å². The molecule has 15 heavy (non-hydrogen) atoms. The van der Waals surface area contributed by atoms with Crippen molar-refractivity contribution in [2.45, 2.75) is 19.4 Å². The minimum atomic E-state index is 0.849. The van der Waals surface area contributed by atoms with Crippen molar-refractivity contribution in [2.75, 3.05) is 18.4 Å². The zero-order valence-electron chi connectivity index (χ0n) is 8.59. The predicted octanol–water partition coefficient (Wildman–Crippen LogP) is 4.12. The summed E-state index contributed by atoms with van der Waals surface area (Å²) in [5.74, 6) is 0.849. The Morgan fingerprint density at radius 3 is 3.07 bits per heavy atom. The van der Waals surface area contributed by atoms with Gasteiger partial charge in [-0.1, -0.05) is 15.9 Å². The third kappa shape index (κ3) is 3.55. The molecule has 0 amide bonds. The quantitative estimate of drug-likeness (QED) is 0.739. The van der Waals surface area contributed by atoms with Crippen molar-refractivity contribution >= 4 is 43.2 Å². The number of likely N-dealkylation sites (tertiary alicyclic amines) is 1. The second-order valence-electron chi connectivity index (χ2n) is 4.13. The van der Waals surface area contributed by atoms with E-state index in [1.54, 1.807) is 0 Å². The highest BCUT2D eigenvalue weighted by atomic mass is 79.9. The molecule has 1 atom stereocenters. The molecular weight excluding hydrogens is 338 g/mol. The van der Waals surface area contributed by atoms with Gasteiger partial charge in [-0.3, -0.25) is 4.90 Å². The topological polar surface area (TPSA) is 3.24 Å². The van der Waals surface area contributed by atoms with Crippen LogP contribution < -0.4 is 0 Å². The van der Waals surface area contributed by atoms with E-state index >= 15 is 0 Å². The third-order valence-corrected chi connectivity index (χ3v) is 5.42. The summed E-state index contributed by atoms with van der Waals surface area (Å²) in [4.78, 5) is 4.05. The fourth-order valence-corrected chi connectivity index (χ4v) is 4.10. The summed E-state index contributed by atoms with van der Waals surface area (Å²) in [6.45, 7) is 3.64. The average Bonchev–Trinajstić information content (AvgIpc) is 2.64. The molecule has 4 heteroatoms. The molecule has 84 valence electrons. The molecule has 0 radical (unpaired) electrons. The maximum Gasteiger partial charge on any atom is 0.0328 e. The van der Waals surface area contributed by atoms with Gasteiger partial charge in [-0.05, 0) is 47.3 Å². The largest absolute Gasteiger partial charge is 0.298 e. The molecular formula is C11H15Br2NS. The number of thiophene rings is 1. The Morgan fingerprint density at radius 1 is 1.53 bits per heavy atom. The summed E-state index contributed by atoms with van der Waals surface area (Å²) < 4.78 is 1.22. The third-order valence-electron chi connectivity index (χ3n) is 2.82. The Bertz CT molecular complexity index is 313. The molecule has 1 unspecified atom stereocenters. The van der Waals surface area contributed by atoms with Crippen molar-refractivity contribution in [1.29, 1.82) is 0 Å². The molecule has 0 aliphatic carbocycles. The van der Waals surface area contributed by atoms with Crippen LogP contribution in [0.2, 0.25) is 0 Å². The first-order chi connectivity index (χ1) is 7.28. The molecule has 1 aliphatic heterocycles. The number of alkyl halides is 1. The normalized spacial score (nSPS) is 23.2. The van der Waals surface area contributed by atoms with E-state index in [2.05, 4.69) is 48.2 Å². The molecule has 0 N–H and O–H groups in total. The van der Waals surface area contributed by atoms with Crippen molar-refractivity contribution < 1.29 is 0 Å². The van der Waals surface area contributed by atoms with Crippen LogP contribution in [0.25, 0.3) is 0 Å². The van der Waals surface area contributed by atoms with E-state index in [1.165, 1.54) is 35.3 Å². The van der Waals surface area contributed by atoms with Crippen LogP contribution in [0.15, 0.2) is 15.9 Å². The lowest BCUT2D eigenvalue weighted by atomic mass is 10.0. The fraction of sp³-hybridized carbons (Fsp3) is 0.636. The van der Waals surface area contributed by atoms with Crippen molar-refractivity contribution in [1.82, 2.24) is 4.90 Å². The van der Waals surface area contributed by atoms with Crippen molar-refractivity contribution in [3.8, 4) is 0 Å². The number of halogens is 2. The second-order valence-corrected chi connectivity index (χ2v) is 6.69. The Hall–Kier alpha value is 0.620. The maximum absolute atomic E-state index is 3.60. The Morgan fingerprint density at radius 2 is 2.40 bits per heavy atom. The zero-order chi connectivity index (χ0) is 10.7. The second kappa shape index (κ2) is 5.80. The Balaban J connectivity index is 1.88. The molecule has 1 fully saturated rings. The standard InChI is InChI=1S/C11H15Br2NS/c12-5-9-2-1-3-14(6-9)7-11-4-10(13)8-15-11/h4,8-9H,1-3,5-7H2. The van der Waals surface area contributed by atoms with Gasteiger partial charge in [0.15, 0.2) is 0 Å². The van der Waals surface area contributed by atoms with Crippen LogP contribution in [0.3, 0.4) is 0 Å². The van der Waals surface area contributed by atoms with Crippen LogP contribution in [0.1, 0.15) is 17.7 Å². The molecule has 1 aliphatic rings. The lowest BCUT2D eigenvalue weighted by Crippen LogP contribution is -2.35. The Labute approximate surface area is 112 Å². The molecule has 0 aromatic carbocycles. The lowest BCUT2D eigenvalue weighted by molar-refractivity contribution is 0.181. The first-order valence-electron chi connectivity index (χ1n) is 5.29. The molecule has 1 saturated heterocycles. The average molecular weight is 353 g/mol. The van der Waals surface area contributed by atoms with Gasteiger partial charge in [0, 0.05) is 33.1 Å². The number of hydrogen-bond acceptors (Lipinski definition) is 2. The first-order valence-corrected chi connectivity index (χ1v) is 8.08. The van der Waals surface area contributed by atoms with Gasteiger partial charge in [0.2, 0.25) is 0 Å². The number of rotatable bonds is 3. The molecule has 0 saturated carbocycles. The van der Waals surface area contributed by atoms with Gasteiger partial charge >= 0.3 is 0 Å². The molecule has 2 rings (SSSR count). The molecule has 1 nitrogen and oxygen atoms in total. The summed E-state index contributed by atoms with van der Waals surface area (Å²) in [6.07, 6.45) is 2.73. The molecule has 1 aromatic rings. The molecule has 2 heterocycles. The Kier molecular flexibility index (Phi) is 4.68. The minimum absolute atomic E-state index is 0.849. The fourth-order valence-electron chi connectivity index (χ4n) is 2.08. The van der Waals surface area contributed by atoms with E-state index in [4.69, 9.17) is 0 Å². The minimum Gasteiger partial charge on any atom is -0.298 e. The van der Waals surface area contributed by atoms with E-state index < -0.39 is 0 Å². The summed E-state index contributed by atoms with van der Waals surface area (Å²) in [5, 5.41) is 3.32. The maximum atomic E-state index is 3.60. The predicted molar refractivity (Wildman–Crippen MR) is 73.8 cm³/mol. The first kappa shape index (κ1) is 12.1. The number of nitrogens with zero attached hydrogens (tertiary/aromatic N) is 1. The van der Waals surface area contributed by atoms with Crippen molar-refractivity contribution in [2.24, 2.45) is 5.92 Å². The van der Waals surface area contributed by atoms with Crippen LogP contribution >= 0.6 is 43.2 Å². The van der Waals surface area contributed by atoms with Crippen LogP contribution in [0, 0.1) is 5.92 Å². The summed E-state index contributed by atoms with van der Waals surface area (Å²) in [7, 11) is 0.